The van der Waals surface area contributed by atoms with Crippen molar-refractivity contribution in [1.82, 2.24) is 4.90 Å². The molecule has 2 unspecified atom stereocenters. The highest BCUT2D eigenvalue weighted by Gasteiger charge is 2.50. The van der Waals surface area contributed by atoms with Crippen molar-refractivity contribution < 1.29 is 9.53 Å². The first-order chi connectivity index (χ1) is 8.49. The quantitative estimate of drug-likeness (QED) is 0.673. The zero-order chi connectivity index (χ0) is 13.8. The van der Waals surface area contributed by atoms with Crippen molar-refractivity contribution in [2.24, 2.45) is 11.7 Å². The number of esters is 1. The molecule has 1 aliphatic rings. The van der Waals surface area contributed by atoms with Gasteiger partial charge in [0.1, 0.15) is 5.54 Å². The number of nitrogens with zero attached hydrogens (tertiary/aromatic N) is 1. The Balaban J connectivity index is 2.75. The highest BCUT2D eigenvalue weighted by Crippen LogP contribution is 2.39. The molecule has 2 N–H and O–H groups in total. The van der Waals surface area contributed by atoms with Crippen LogP contribution >= 0.6 is 0 Å². The Labute approximate surface area is 111 Å². The molecule has 0 radical (unpaired) electrons. The summed E-state index contributed by atoms with van der Waals surface area (Å²) in [5.74, 6) is 0.0731. The van der Waals surface area contributed by atoms with E-state index in [-0.39, 0.29) is 5.97 Å². The normalized spacial score (nSPS) is 20.6. The van der Waals surface area contributed by atoms with Crippen LogP contribution in [0.3, 0.4) is 0 Å². The number of carbonyl (C=O) groups excluding carboxylic acids is 1. The van der Waals surface area contributed by atoms with Crippen molar-refractivity contribution in [3.05, 3.63) is 0 Å². The molecule has 0 heterocycles. The summed E-state index contributed by atoms with van der Waals surface area (Å²) in [6.07, 6.45) is 3.16. The molecular weight excluding hydrogens is 228 g/mol. The zero-order valence-corrected chi connectivity index (χ0v) is 12.2. The zero-order valence-electron chi connectivity index (χ0n) is 12.2. The van der Waals surface area contributed by atoms with Crippen molar-refractivity contribution in [2.45, 2.75) is 58.5 Å². The fourth-order valence-corrected chi connectivity index (χ4v) is 2.40. The average molecular weight is 256 g/mol. The van der Waals surface area contributed by atoms with E-state index < -0.39 is 5.54 Å². The Bertz CT molecular complexity index is 279. The topological polar surface area (TPSA) is 55.6 Å². The maximum absolute atomic E-state index is 12.1. The van der Waals surface area contributed by atoms with E-state index in [0.717, 1.165) is 25.8 Å². The molecule has 1 aliphatic carbocycles. The number of hydrogen-bond acceptors (Lipinski definition) is 4. The van der Waals surface area contributed by atoms with Gasteiger partial charge in [-0.05, 0) is 45.6 Å². The molecule has 0 aromatic heterocycles. The second-order valence-electron chi connectivity index (χ2n) is 5.36. The predicted octanol–water partition coefficient (Wildman–Crippen LogP) is 1.78. The third-order valence-electron chi connectivity index (χ3n) is 4.05. The molecule has 1 saturated carbocycles. The summed E-state index contributed by atoms with van der Waals surface area (Å²) in [5.41, 5.74) is 5.58. The Morgan fingerprint density at radius 1 is 1.44 bits per heavy atom. The molecule has 0 aromatic rings. The minimum atomic E-state index is -0.810. The fourth-order valence-electron chi connectivity index (χ4n) is 2.40. The summed E-state index contributed by atoms with van der Waals surface area (Å²) < 4.78 is 5.18. The van der Waals surface area contributed by atoms with Gasteiger partial charge in [-0.15, -0.1) is 0 Å². The lowest BCUT2D eigenvalue weighted by atomic mass is 9.93. The van der Waals surface area contributed by atoms with Gasteiger partial charge in [0.05, 0.1) is 6.61 Å². The van der Waals surface area contributed by atoms with Gasteiger partial charge in [-0.1, -0.05) is 13.8 Å². The van der Waals surface area contributed by atoms with E-state index in [1.54, 1.807) is 0 Å². The van der Waals surface area contributed by atoms with Crippen LogP contribution in [-0.2, 0) is 9.53 Å². The first kappa shape index (κ1) is 15.4. The van der Waals surface area contributed by atoms with Gasteiger partial charge in [-0.25, -0.2) is 4.79 Å². The lowest BCUT2D eigenvalue weighted by Gasteiger charge is -2.36. The molecule has 2 atom stereocenters. The second-order valence-corrected chi connectivity index (χ2v) is 5.36. The monoisotopic (exact) mass is 256 g/mol. The number of likely N-dealkylation sites (N-methyl/N-ethyl adjacent to an activating group) is 1. The summed E-state index contributed by atoms with van der Waals surface area (Å²) in [7, 11) is 0. The lowest BCUT2D eigenvalue weighted by Crippen LogP contribution is -2.59. The number of ether oxygens (including phenoxy) is 1. The van der Waals surface area contributed by atoms with Crippen LogP contribution in [-0.4, -0.2) is 42.1 Å². The highest BCUT2D eigenvalue weighted by molar-refractivity contribution is 5.82. The fraction of sp³-hybridized carbons (Fsp3) is 0.929. The largest absolute Gasteiger partial charge is 0.465 e. The SMILES string of the molecule is CCOC(=O)C(N)(CN(CC)C(C)CC)C1CC1. The van der Waals surface area contributed by atoms with Crippen LogP contribution in [0.2, 0.25) is 0 Å². The van der Waals surface area contributed by atoms with Crippen LogP contribution in [0.5, 0.6) is 0 Å². The second kappa shape index (κ2) is 6.53. The van der Waals surface area contributed by atoms with E-state index in [4.69, 9.17) is 10.5 Å². The van der Waals surface area contributed by atoms with E-state index in [0.29, 0.717) is 25.1 Å². The number of carbonyl (C=O) groups is 1. The maximum Gasteiger partial charge on any atom is 0.327 e. The minimum Gasteiger partial charge on any atom is -0.465 e. The molecule has 0 spiro atoms. The molecular formula is C14H28N2O2. The standard InChI is InChI=1S/C14H28N2O2/c1-5-11(4)16(6-2)10-14(15,12-8-9-12)13(17)18-7-3/h11-12H,5-10,15H2,1-4H3. The van der Waals surface area contributed by atoms with Crippen molar-refractivity contribution in [1.29, 1.82) is 0 Å². The summed E-state index contributed by atoms with van der Waals surface area (Å²) in [6.45, 7) is 10.2. The first-order valence-corrected chi connectivity index (χ1v) is 7.19. The van der Waals surface area contributed by atoms with Gasteiger partial charge in [0.2, 0.25) is 0 Å². The van der Waals surface area contributed by atoms with E-state index in [1.165, 1.54) is 0 Å². The Morgan fingerprint density at radius 3 is 2.44 bits per heavy atom. The highest BCUT2D eigenvalue weighted by atomic mass is 16.5. The number of rotatable bonds is 8. The van der Waals surface area contributed by atoms with Crippen LogP contribution in [0.15, 0.2) is 0 Å². The first-order valence-electron chi connectivity index (χ1n) is 7.19. The van der Waals surface area contributed by atoms with Crippen LogP contribution < -0.4 is 5.73 Å². The van der Waals surface area contributed by atoms with Crippen molar-refractivity contribution >= 4 is 5.97 Å². The molecule has 0 amide bonds. The van der Waals surface area contributed by atoms with E-state index in [1.807, 2.05) is 6.92 Å². The molecule has 1 rings (SSSR count). The summed E-state index contributed by atoms with van der Waals surface area (Å²) in [4.78, 5) is 14.4. The smallest absolute Gasteiger partial charge is 0.327 e. The molecule has 4 nitrogen and oxygen atoms in total. The van der Waals surface area contributed by atoms with Crippen molar-refractivity contribution in [3.8, 4) is 0 Å². The molecule has 106 valence electrons. The van der Waals surface area contributed by atoms with Gasteiger partial charge in [0, 0.05) is 12.6 Å². The molecule has 0 saturated heterocycles. The van der Waals surface area contributed by atoms with Gasteiger partial charge in [0.25, 0.3) is 0 Å². The summed E-state index contributed by atoms with van der Waals surface area (Å²) >= 11 is 0. The lowest BCUT2D eigenvalue weighted by molar-refractivity contribution is -0.151. The number of hydrogen-bond donors (Lipinski definition) is 1. The van der Waals surface area contributed by atoms with Gasteiger partial charge in [-0.2, -0.15) is 0 Å². The molecule has 0 aliphatic heterocycles. The summed E-state index contributed by atoms with van der Waals surface area (Å²) in [6, 6.07) is 0.450. The van der Waals surface area contributed by atoms with Crippen LogP contribution in [0.4, 0.5) is 0 Å². The molecule has 1 fully saturated rings. The minimum absolute atomic E-state index is 0.228. The summed E-state index contributed by atoms with van der Waals surface area (Å²) in [5, 5.41) is 0. The molecule has 4 heteroatoms. The Hall–Kier alpha value is -0.610. The van der Waals surface area contributed by atoms with Gasteiger partial charge < -0.3 is 10.5 Å². The van der Waals surface area contributed by atoms with E-state index >= 15 is 0 Å². The van der Waals surface area contributed by atoms with Gasteiger partial charge in [-0.3, -0.25) is 4.90 Å². The third kappa shape index (κ3) is 3.45. The van der Waals surface area contributed by atoms with Crippen LogP contribution in [0.1, 0.15) is 47.0 Å². The maximum atomic E-state index is 12.1. The Morgan fingerprint density at radius 2 is 2.06 bits per heavy atom. The third-order valence-corrected chi connectivity index (χ3v) is 4.05. The molecule has 18 heavy (non-hydrogen) atoms. The van der Waals surface area contributed by atoms with Crippen LogP contribution in [0.25, 0.3) is 0 Å². The average Bonchev–Trinajstić information content (AvgIpc) is 3.19. The van der Waals surface area contributed by atoms with E-state index in [2.05, 4.69) is 25.7 Å². The van der Waals surface area contributed by atoms with Gasteiger partial charge >= 0.3 is 5.97 Å². The van der Waals surface area contributed by atoms with E-state index in [9.17, 15) is 4.79 Å². The van der Waals surface area contributed by atoms with Gasteiger partial charge in [0.15, 0.2) is 0 Å². The number of nitrogens with two attached hydrogens (primary N) is 1. The van der Waals surface area contributed by atoms with Crippen LogP contribution in [0, 0.1) is 5.92 Å². The van der Waals surface area contributed by atoms with Crippen molar-refractivity contribution in [2.75, 3.05) is 19.7 Å². The van der Waals surface area contributed by atoms with Crippen molar-refractivity contribution in [3.63, 3.8) is 0 Å². The Kier molecular flexibility index (Phi) is 5.60. The molecule has 0 bridgehead atoms. The predicted molar refractivity (Wildman–Crippen MR) is 73.3 cm³/mol. The molecule has 0 aromatic carbocycles.